The molecule has 0 spiro atoms. The van der Waals surface area contributed by atoms with Gasteiger partial charge in [-0.15, -0.1) is 0 Å². The third kappa shape index (κ3) is 4.45. The molecule has 1 rings (SSSR count). The number of rotatable bonds is 2. The first kappa shape index (κ1) is 15.2. The predicted octanol–water partition coefficient (Wildman–Crippen LogP) is 2.74. The van der Waals surface area contributed by atoms with Crippen molar-refractivity contribution < 1.29 is 9.90 Å². The molecule has 1 saturated heterocycles. The fourth-order valence-corrected chi connectivity index (χ4v) is 2.43. The first-order chi connectivity index (χ1) is 8.21. The second kappa shape index (κ2) is 5.87. The summed E-state index contributed by atoms with van der Waals surface area (Å²) in [5.74, 6) is 0.191. The normalized spacial score (nSPS) is 23.4. The van der Waals surface area contributed by atoms with Gasteiger partial charge in [0.15, 0.2) is 0 Å². The Morgan fingerprint density at radius 1 is 1.33 bits per heavy atom. The van der Waals surface area contributed by atoms with Gasteiger partial charge in [0.25, 0.3) is 0 Å². The number of hydrogen-bond donors (Lipinski definition) is 1. The Labute approximate surface area is 111 Å². The highest BCUT2D eigenvalue weighted by Crippen LogP contribution is 2.29. The van der Waals surface area contributed by atoms with Crippen LogP contribution in [0.2, 0.25) is 0 Å². The maximum Gasteiger partial charge on any atom is 0.226 e. The number of likely N-dealkylation sites (tertiary alicyclic amines) is 1. The highest BCUT2D eigenvalue weighted by Gasteiger charge is 2.31. The molecule has 0 radical (unpaired) electrons. The lowest BCUT2D eigenvalue weighted by Crippen LogP contribution is -2.37. The van der Waals surface area contributed by atoms with Gasteiger partial charge in [-0.3, -0.25) is 4.79 Å². The van der Waals surface area contributed by atoms with E-state index in [0.717, 1.165) is 18.5 Å². The van der Waals surface area contributed by atoms with E-state index in [0.29, 0.717) is 19.4 Å². The molecule has 104 valence electrons. The Kier molecular flexibility index (Phi) is 4.97. The fraction of sp³-hybridized carbons (Fsp3) is 0.800. The van der Waals surface area contributed by atoms with Gasteiger partial charge < -0.3 is 10.0 Å². The summed E-state index contributed by atoms with van der Waals surface area (Å²) in [6.07, 6.45) is 1.71. The average molecular weight is 253 g/mol. The minimum absolute atomic E-state index is 0.00442. The molecule has 1 aliphatic rings. The van der Waals surface area contributed by atoms with E-state index in [4.69, 9.17) is 0 Å². The van der Waals surface area contributed by atoms with Gasteiger partial charge in [0.2, 0.25) is 5.91 Å². The summed E-state index contributed by atoms with van der Waals surface area (Å²) in [4.78, 5) is 14.2. The van der Waals surface area contributed by atoms with Crippen molar-refractivity contribution in [2.75, 3.05) is 13.1 Å². The van der Waals surface area contributed by atoms with Crippen LogP contribution in [0.25, 0.3) is 0 Å². The molecule has 1 fully saturated rings. The topological polar surface area (TPSA) is 40.5 Å². The van der Waals surface area contributed by atoms with Crippen molar-refractivity contribution in [3.05, 3.63) is 11.1 Å². The van der Waals surface area contributed by atoms with Crippen LogP contribution in [0.1, 0.15) is 53.9 Å². The summed E-state index contributed by atoms with van der Waals surface area (Å²) in [6, 6.07) is 0. The zero-order valence-corrected chi connectivity index (χ0v) is 12.4. The molecule has 18 heavy (non-hydrogen) atoms. The monoisotopic (exact) mass is 253 g/mol. The van der Waals surface area contributed by atoms with E-state index in [-0.39, 0.29) is 17.4 Å². The highest BCUT2D eigenvalue weighted by molar-refractivity contribution is 5.78. The molecule has 1 atom stereocenters. The van der Waals surface area contributed by atoms with Crippen LogP contribution in [0.15, 0.2) is 11.1 Å². The van der Waals surface area contributed by atoms with Gasteiger partial charge in [0, 0.05) is 19.5 Å². The van der Waals surface area contributed by atoms with Crippen LogP contribution < -0.4 is 0 Å². The molecular weight excluding hydrogens is 226 g/mol. The summed E-state index contributed by atoms with van der Waals surface area (Å²) in [5, 5.41) is 9.85. The molecule has 1 amide bonds. The molecule has 0 bridgehead atoms. The van der Waals surface area contributed by atoms with Gasteiger partial charge >= 0.3 is 0 Å². The van der Waals surface area contributed by atoms with E-state index in [2.05, 4.69) is 13.8 Å². The lowest BCUT2D eigenvalue weighted by atomic mass is 9.87. The van der Waals surface area contributed by atoms with E-state index in [1.165, 1.54) is 5.57 Å². The number of nitrogens with zero attached hydrogens (tertiary/aromatic N) is 1. The van der Waals surface area contributed by atoms with Gasteiger partial charge in [0.1, 0.15) is 0 Å². The van der Waals surface area contributed by atoms with E-state index >= 15 is 0 Å². The second-order valence-corrected chi connectivity index (χ2v) is 6.58. The minimum atomic E-state index is -0.276. The first-order valence-electron chi connectivity index (χ1n) is 6.80. The number of aliphatic hydroxyl groups is 1. The Bertz CT molecular complexity index is 340. The molecule has 0 aromatic heterocycles. The first-order valence-corrected chi connectivity index (χ1v) is 6.80. The van der Waals surface area contributed by atoms with Crippen molar-refractivity contribution in [1.82, 2.24) is 4.90 Å². The van der Waals surface area contributed by atoms with Crippen LogP contribution in [-0.2, 0) is 4.79 Å². The van der Waals surface area contributed by atoms with E-state index in [9.17, 15) is 9.90 Å². The Morgan fingerprint density at radius 2 is 1.94 bits per heavy atom. The highest BCUT2D eigenvalue weighted by atomic mass is 16.3. The van der Waals surface area contributed by atoms with Gasteiger partial charge in [-0.05, 0) is 39.0 Å². The molecule has 1 unspecified atom stereocenters. The molecule has 1 heterocycles. The summed E-state index contributed by atoms with van der Waals surface area (Å²) < 4.78 is 0. The van der Waals surface area contributed by atoms with Gasteiger partial charge in [-0.1, -0.05) is 25.0 Å². The molecule has 3 nitrogen and oxygen atoms in total. The van der Waals surface area contributed by atoms with Crippen molar-refractivity contribution in [3.8, 4) is 0 Å². The summed E-state index contributed by atoms with van der Waals surface area (Å²) in [7, 11) is 0. The number of aliphatic hydroxyl groups excluding tert-OH is 1. The standard InChI is InChI=1S/C15H27NO2/c1-11(2)12(3)8-14(18)16-7-6-13(17)9-15(4,5)10-16/h13,17H,6-10H2,1-5H3. The number of allylic oxidation sites excluding steroid dienone is 1. The van der Waals surface area contributed by atoms with Gasteiger partial charge in [-0.2, -0.15) is 0 Å². The second-order valence-electron chi connectivity index (χ2n) is 6.58. The van der Waals surface area contributed by atoms with Crippen molar-refractivity contribution in [3.63, 3.8) is 0 Å². The number of amides is 1. The zero-order valence-electron chi connectivity index (χ0n) is 12.4. The smallest absolute Gasteiger partial charge is 0.226 e. The third-order valence-corrected chi connectivity index (χ3v) is 3.76. The minimum Gasteiger partial charge on any atom is -0.393 e. The zero-order chi connectivity index (χ0) is 13.9. The fourth-order valence-electron chi connectivity index (χ4n) is 2.43. The third-order valence-electron chi connectivity index (χ3n) is 3.76. The van der Waals surface area contributed by atoms with Gasteiger partial charge in [0.05, 0.1) is 6.10 Å². The molecule has 3 heteroatoms. The van der Waals surface area contributed by atoms with Crippen LogP contribution in [0.3, 0.4) is 0 Å². The molecule has 1 N–H and O–H groups in total. The Balaban J connectivity index is 2.71. The van der Waals surface area contributed by atoms with Crippen molar-refractivity contribution >= 4 is 5.91 Å². The lowest BCUT2D eigenvalue weighted by Gasteiger charge is -2.30. The van der Waals surface area contributed by atoms with E-state index in [1.807, 2.05) is 25.7 Å². The number of hydrogen-bond acceptors (Lipinski definition) is 2. The largest absolute Gasteiger partial charge is 0.393 e. The summed E-state index contributed by atoms with van der Waals surface area (Å²) in [5.41, 5.74) is 2.38. The SMILES string of the molecule is CC(C)=C(C)CC(=O)N1CCC(O)CC(C)(C)C1. The van der Waals surface area contributed by atoms with E-state index < -0.39 is 0 Å². The van der Waals surface area contributed by atoms with Crippen LogP contribution in [0.5, 0.6) is 0 Å². The van der Waals surface area contributed by atoms with Crippen LogP contribution >= 0.6 is 0 Å². The molecular formula is C15H27NO2. The Morgan fingerprint density at radius 3 is 2.50 bits per heavy atom. The molecule has 0 saturated carbocycles. The molecule has 0 aliphatic carbocycles. The average Bonchev–Trinajstić information content (AvgIpc) is 2.35. The Hall–Kier alpha value is -0.830. The summed E-state index contributed by atoms with van der Waals surface area (Å²) in [6.45, 7) is 11.8. The van der Waals surface area contributed by atoms with Crippen molar-refractivity contribution in [2.45, 2.75) is 60.0 Å². The van der Waals surface area contributed by atoms with Crippen molar-refractivity contribution in [2.24, 2.45) is 5.41 Å². The predicted molar refractivity (Wildman–Crippen MR) is 74.3 cm³/mol. The molecule has 0 aromatic carbocycles. The maximum absolute atomic E-state index is 12.3. The lowest BCUT2D eigenvalue weighted by molar-refractivity contribution is -0.131. The van der Waals surface area contributed by atoms with Gasteiger partial charge in [-0.25, -0.2) is 0 Å². The maximum atomic E-state index is 12.3. The van der Waals surface area contributed by atoms with Crippen LogP contribution in [0.4, 0.5) is 0 Å². The van der Waals surface area contributed by atoms with Crippen LogP contribution in [0, 0.1) is 5.41 Å². The van der Waals surface area contributed by atoms with Crippen LogP contribution in [-0.4, -0.2) is 35.1 Å². The quantitative estimate of drug-likeness (QED) is 0.769. The van der Waals surface area contributed by atoms with Crippen molar-refractivity contribution in [1.29, 1.82) is 0 Å². The molecule has 0 aromatic rings. The van der Waals surface area contributed by atoms with E-state index in [1.54, 1.807) is 0 Å². The number of carbonyl (C=O) groups is 1. The molecule has 1 aliphatic heterocycles. The summed E-state index contributed by atoms with van der Waals surface area (Å²) >= 11 is 0. The number of carbonyl (C=O) groups excluding carboxylic acids is 1.